The van der Waals surface area contributed by atoms with Crippen LogP contribution in [0.3, 0.4) is 0 Å². The third kappa shape index (κ3) is 5.20. The Morgan fingerprint density at radius 1 is 0.344 bits per heavy atom. The molecule has 10 aromatic carbocycles. The van der Waals surface area contributed by atoms with Crippen molar-refractivity contribution < 1.29 is 0 Å². The molecule has 1 nitrogen and oxygen atoms in total. The van der Waals surface area contributed by atoms with Gasteiger partial charge in [-0.25, -0.2) is 0 Å². The maximum Gasteiger partial charge on any atom is 0.0714 e. The summed E-state index contributed by atoms with van der Waals surface area (Å²) in [6, 6.07) is 83.7. The van der Waals surface area contributed by atoms with E-state index in [1.807, 2.05) is 0 Å². The smallest absolute Gasteiger partial charge is 0.0714 e. The molecule has 0 unspecified atom stereocenters. The Bertz CT molecular complexity index is 3300. The van der Waals surface area contributed by atoms with E-state index in [4.69, 9.17) is 0 Å². The number of hydrogen-bond acceptors (Lipinski definition) is 1. The zero-order valence-electron chi connectivity index (χ0n) is 34.3. The van der Waals surface area contributed by atoms with Crippen molar-refractivity contribution in [2.75, 3.05) is 4.90 Å². The van der Waals surface area contributed by atoms with E-state index in [0.29, 0.717) is 0 Å². The first-order chi connectivity index (χ1) is 30.0. The highest BCUT2D eigenvalue weighted by atomic mass is 15.1. The molecule has 2 aliphatic carbocycles. The molecule has 0 saturated carbocycles. The Hall–Kier alpha value is -7.48. The average Bonchev–Trinajstić information content (AvgIpc) is 3.75. The van der Waals surface area contributed by atoms with E-state index < -0.39 is 5.41 Å². The van der Waals surface area contributed by atoms with Gasteiger partial charge in [0.15, 0.2) is 0 Å². The molecule has 0 bridgehead atoms. The van der Waals surface area contributed by atoms with Gasteiger partial charge in [0.25, 0.3) is 0 Å². The molecule has 0 aromatic heterocycles. The summed E-state index contributed by atoms with van der Waals surface area (Å²) < 4.78 is 0. The standard InChI is InChI=1S/C60H43N/c1-59(2)54-28-13-11-26-50(54)52-27-16-30-57(58(52)59)61(46-23-15-18-42(37-46)43-34-33-41-32-31-40-17-9-10-24-48(40)53(41)38-43)47-35-36-51-49-25-12-14-29-55(49)60(56(51)39-47,44-19-5-3-6-20-44)45-21-7-4-8-22-45/h3-39H,1-2H3. The average molecular weight is 778 g/mol. The van der Waals surface area contributed by atoms with E-state index >= 15 is 0 Å². The zero-order chi connectivity index (χ0) is 40.7. The highest BCUT2D eigenvalue weighted by Crippen LogP contribution is 2.59. The Labute approximate surface area is 357 Å². The summed E-state index contributed by atoms with van der Waals surface area (Å²) in [5.41, 5.74) is 18.1. The van der Waals surface area contributed by atoms with Crippen molar-refractivity contribution in [2.45, 2.75) is 24.7 Å². The Balaban J connectivity index is 1.12. The molecular formula is C60H43N. The first kappa shape index (κ1) is 35.5. The maximum atomic E-state index is 2.54. The van der Waals surface area contributed by atoms with Gasteiger partial charge in [-0.1, -0.05) is 202 Å². The van der Waals surface area contributed by atoms with Crippen LogP contribution in [0.25, 0.3) is 54.9 Å². The number of rotatable bonds is 6. The topological polar surface area (TPSA) is 3.24 Å². The van der Waals surface area contributed by atoms with Gasteiger partial charge in [-0.05, 0) is 125 Å². The van der Waals surface area contributed by atoms with Crippen LogP contribution in [0.15, 0.2) is 224 Å². The molecule has 10 aromatic rings. The number of anilines is 3. The van der Waals surface area contributed by atoms with Crippen LogP contribution in [0.1, 0.15) is 47.2 Å². The molecule has 0 spiro atoms. The monoisotopic (exact) mass is 777 g/mol. The van der Waals surface area contributed by atoms with Crippen LogP contribution in [-0.2, 0) is 10.8 Å². The molecule has 1 heteroatoms. The molecule has 0 fully saturated rings. The number of benzene rings is 10. The lowest BCUT2D eigenvalue weighted by Gasteiger charge is -2.36. The molecule has 0 heterocycles. The van der Waals surface area contributed by atoms with Crippen LogP contribution in [0.5, 0.6) is 0 Å². The van der Waals surface area contributed by atoms with Gasteiger partial charge in [0.2, 0.25) is 0 Å². The van der Waals surface area contributed by atoms with Gasteiger partial charge in [-0.2, -0.15) is 0 Å². The van der Waals surface area contributed by atoms with Crippen LogP contribution in [0, 0.1) is 0 Å². The second kappa shape index (κ2) is 13.5. The van der Waals surface area contributed by atoms with Crippen molar-refractivity contribution in [2.24, 2.45) is 0 Å². The molecule has 0 radical (unpaired) electrons. The first-order valence-electron chi connectivity index (χ1n) is 21.4. The van der Waals surface area contributed by atoms with Gasteiger partial charge < -0.3 is 4.90 Å². The lowest BCUT2D eigenvalue weighted by atomic mass is 9.67. The SMILES string of the molecule is CC1(C)c2ccccc2-c2cccc(N(c3cccc(-c4ccc5ccc6ccccc6c5c4)c3)c3ccc4c(c3)C(c3ccccc3)(c3ccccc3)c3ccccc3-4)c21. The summed E-state index contributed by atoms with van der Waals surface area (Å²) in [6.07, 6.45) is 0. The lowest BCUT2D eigenvalue weighted by Crippen LogP contribution is -2.28. The van der Waals surface area contributed by atoms with E-state index in [0.717, 1.165) is 11.4 Å². The van der Waals surface area contributed by atoms with Crippen LogP contribution >= 0.6 is 0 Å². The predicted molar refractivity (Wildman–Crippen MR) is 256 cm³/mol. The Morgan fingerprint density at radius 2 is 0.902 bits per heavy atom. The zero-order valence-corrected chi connectivity index (χ0v) is 34.3. The minimum absolute atomic E-state index is 0.220. The summed E-state index contributed by atoms with van der Waals surface area (Å²) >= 11 is 0. The molecule has 288 valence electrons. The van der Waals surface area contributed by atoms with Gasteiger partial charge in [-0.3, -0.25) is 0 Å². The molecule has 0 N–H and O–H groups in total. The summed E-state index contributed by atoms with van der Waals surface area (Å²) in [5, 5.41) is 5.06. The van der Waals surface area contributed by atoms with Gasteiger partial charge in [0.1, 0.15) is 0 Å². The normalized spacial score (nSPS) is 14.0. The molecule has 0 aliphatic heterocycles. The quantitative estimate of drug-likeness (QED) is 0.152. The lowest BCUT2D eigenvalue weighted by molar-refractivity contribution is 0.661. The second-order valence-electron chi connectivity index (χ2n) is 17.2. The third-order valence-electron chi connectivity index (χ3n) is 13.7. The summed E-state index contributed by atoms with van der Waals surface area (Å²) in [5.74, 6) is 0. The largest absolute Gasteiger partial charge is 0.310 e. The highest BCUT2D eigenvalue weighted by molar-refractivity contribution is 6.09. The van der Waals surface area contributed by atoms with Crippen molar-refractivity contribution in [1.82, 2.24) is 0 Å². The number of hydrogen-bond donors (Lipinski definition) is 0. The maximum absolute atomic E-state index is 2.54. The molecular weight excluding hydrogens is 735 g/mol. The summed E-state index contributed by atoms with van der Waals surface area (Å²) in [6.45, 7) is 4.79. The van der Waals surface area contributed by atoms with E-state index in [1.54, 1.807) is 0 Å². The molecule has 0 atom stereocenters. The van der Waals surface area contributed by atoms with Crippen molar-refractivity contribution in [1.29, 1.82) is 0 Å². The van der Waals surface area contributed by atoms with Crippen molar-refractivity contribution >= 4 is 38.6 Å². The van der Waals surface area contributed by atoms with Crippen LogP contribution in [-0.4, -0.2) is 0 Å². The fraction of sp³-hybridized carbons (Fsp3) is 0.0667. The molecule has 12 rings (SSSR count). The molecule has 0 amide bonds. The summed E-state index contributed by atoms with van der Waals surface area (Å²) in [4.78, 5) is 2.54. The van der Waals surface area contributed by atoms with Gasteiger partial charge in [-0.15, -0.1) is 0 Å². The van der Waals surface area contributed by atoms with Crippen LogP contribution in [0.4, 0.5) is 17.1 Å². The first-order valence-corrected chi connectivity index (χ1v) is 21.4. The van der Waals surface area contributed by atoms with Crippen molar-refractivity contribution in [3.8, 4) is 33.4 Å². The summed E-state index contributed by atoms with van der Waals surface area (Å²) in [7, 11) is 0. The van der Waals surface area contributed by atoms with Gasteiger partial charge >= 0.3 is 0 Å². The van der Waals surface area contributed by atoms with E-state index in [1.165, 1.54) is 94.0 Å². The highest BCUT2D eigenvalue weighted by Gasteiger charge is 2.46. The van der Waals surface area contributed by atoms with E-state index in [-0.39, 0.29) is 5.41 Å². The Morgan fingerprint density at radius 3 is 1.67 bits per heavy atom. The number of nitrogens with zero attached hydrogens (tertiary/aromatic N) is 1. The minimum atomic E-state index is -0.514. The van der Waals surface area contributed by atoms with Crippen molar-refractivity contribution in [3.05, 3.63) is 258 Å². The van der Waals surface area contributed by atoms with E-state index in [9.17, 15) is 0 Å². The van der Waals surface area contributed by atoms with Crippen molar-refractivity contribution in [3.63, 3.8) is 0 Å². The molecule has 2 aliphatic rings. The van der Waals surface area contributed by atoms with Gasteiger partial charge in [0, 0.05) is 16.8 Å². The third-order valence-corrected chi connectivity index (χ3v) is 13.7. The second-order valence-corrected chi connectivity index (χ2v) is 17.2. The van der Waals surface area contributed by atoms with Crippen LogP contribution in [0.2, 0.25) is 0 Å². The number of fused-ring (bicyclic) bond motifs is 9. The minimum Gasteiger partial charge on any atom is -0.310 e. The van der Waals surface area contributed by atoms with Gasteiger partial charge in [0.05, 0.1) is 11.1 Å². The van der Waals surface area contributed by atoms with E-state index in [2.05, 4.69) is 243 Å². The molecule has 61 heavy (non-hydrogen) atoms. The Kier molecular flexibility index (Phi) is 7.86. The predicted octanol–water partition coefficient (Wildman–Crippen LogP) is 15.8. The van der Waals surface area contributed by atoms with Crippen LogP contribution < -0.4 is 4.90 Å². The fourth-order valence-corrected chi connectivity index (χ4v) is 11.0. The molecule has 0 saturated heterocycles. The fourth-order valence-electron chi connectivity index (χ4n) is 11.0.